The zero-order valence-electron chi connectivity index (χ0n) is 18.4. The first kappa shape index (κ1) is 24.1. The van der Waals surface area contributed by atoms with Gasteiger partial charge < -0.3 is 4.90 Å². The summed E-state index contributed by atoms with van der Waals surface area (Å²) < 4.78 is 40.5. The first-order valence-electron chi connectivity index (χ1n) is 10.4. The summed E-state index contributed by atoms with van der Waals surface area (Å²) in [7, 11) is -4.21. The molecule has 1 aromatic heterocycles. The summed E-state index contributed by atoms with van der Waals surface area (Å²) in [5, 5.41) is 31.0. The number of halogens is 1. The fourth-order valence-corrected chi connectivity index (χ4v) is 5.23. The maximum atomic E-state index is 13.1. The van der Waals surface area contributed by atoms with E-state index in [0.717, 1.165) is 16.4 Å². The minimum atomic E-state index is -4.21. The van der Waals surface area contributed by atoms with Crippen LogP contribution >= 0.6 is 0 Å². The van der Waals surface area contributed by atoms with Gasteiger partial charge in [-0.3, -0.25) is 20.2 Å². The lowest BCUT2D eigenvalue weighted by molar-refractivity contribution is -0.395. The van der Waals surface area contributed by atoms with Gasteiger partial charge in [-0.1, -0.05) is 0 Å². The predicted octanol–water partition coefficient (Wildman–Crippen LogP) is 2.92. The summed E-state index contributed by atoms with van der Waals surface area (Å²) in [6.45, 7) is 1.81. The van der Waals surface area contributed by atoms with Crippen molar-refractivity contribution < 1.29 is 22.7 Å². The Bertz CT molecular complexity index is 1360. The number of benzene rings is 2. The van der Waals surface area contributed by atoms with Crippen LogP contribution in [0.2, 0.25) is 0 Å². The molecule has 0 saturated carbocycles. The third-order valence-electron chi connectivity index (χ3n) is 5.71. The van der Waals surface area contributed by atoms with Gasteiger partial charge in [-0.25, -0.2) is 12.8 Å². The van der Waals surface area contributed by atoms with Crippen LogP contribution < -0.4 is 4.90 Å². The molecule has 0 unspecified atom stereocenters. The number of hydrogen-bond acceptors (Lipinski definition) is 9. The lowest BCUT2D eigenvalue weighted by Gasteiger charge is -2.34. The second-order valence-corrected chi connectivity index (χ2v) is 9.71. The van der Waals surface area contributed by atoms with Crippen molar-refractivity contribution in [3.8, 4) is 11.3 Å². The number of hydrogen-bond donors (Lipinski definition) is 0. The minimum Gasteiger partial charge on any atom is -0.352 e. The maximum Gasteiger partial charge on any atom is 0.280 e. The van der Waals surface area contributed by atoms with Gasteiger partial charge in [-0.15, -0.1) is 10.2 Å². The predicted molar refractivity (Wildman–Crippen MR) is 123 cm³/mol. The Morgan fingerprint density at radius 3 is 1.94 bits per heavy atom. The van der Waals surface area contributed by atoms with E-state index >= 15 is 0 Å². The molecule has 1 aliphatic rings. The molecule has 12 nitrogen and oxygen atoms in total. The summed E-state index contributed by atoms with van der Waals surface area (Å²) in [5.41, 5.74) is -0.229. The van der Waals surface area contributed by atoms with E-state index < -0.39 is 36.1 Å². The van der Waals surface area contributed by atoms with Crippen LogP contribution in [0, 0.1) is 33.0 Å². The van der Waals surface area contributed by atoms with Gasteiger partial charge in [0.15, 0.2) is 5.82 Å². The largest absolute Gasteiger partial charge is 0.352 e. The summed E-state index contributed by atoms with van der Waals surface area (Å²) in [6, 6.07) is 11.0. The van der Waals surface area contributed by atoms with E-state index in [9.17, 15) is 33.0 Å². The molecule has 3 aromatic rings. The van der Waals surface area contributed by atoms with E-state index in [-0.39, 0.29) is 37.6 Å². The van der Waals surface area contributed by atoms with Gasteiger partial charge in [0.1, 0.15) is 11.4 Å². The van der Waals surface area contributed by atoms with E-state index in [4.69, 9.17) is 0 Å². The van der Waals surface area contributed by atoms with E-state index in [2.05, 4.69) is 10.2 Å². The summed E-state index contributed by atoms with van der Waals surface area (Å²) in [6.07, 6.45) is 0. The molecular weight excluding hydrogens is 483 g/mol. The number of anilines is 1. The molecule has 0 N–H and O–H groups in total. The highest BCUT2D eigenvalue weighted by Gasteiger charge is 2.33. The molecule has 0 bridgehead atoms. The van der Waals surface area contributed by atoms with Crippen molar-refractivity contribution in [1.82, 2.24) is 14.5 Å². The molecule has 14 heteroatoms. The van der Waals surface area contributed by atoms with Crippen LogP contribution in [0.1, 0.15) is 5.56 Å². The molecule has 1 fully saturated rings. The van der Waals surface area contributed by atoms with E-state index in [0.29, 0.717) is 17.1 Å². The average Bonchev–Trinajstić information content (AvgIpc) is 2.84. The van der Waals surface area contributed by atoms with Crippen molar-refractivity contribution in [2.75, 3.05) is 31.1 Å². The second-order valence-electron chi connectivity index (χ2n) is 7.78. The first-order chi connectivity index (χ1) is 16.6. The van der Waals surface area contributed by atoms with Crippen LogP contribution in [0.15, 0.2) is 53.4 Å². The van der Waals surface area contributed by atoms with Gasteiger partial charge >= 0.3 is 0 Å². The monoisotopic (exact) mass is 502 g/mol. The van der Waals surface area contributed by atoms with Crippen LogP contribution in [0.25, 0.3) is 11.3 Å². The zero-order valence-corrected chi connectivity index (χ0v) is 19.2. The van der Waals surface area contributed by atoms with Gasteiger partial charge in [0, 0.05) is 43.9 Å². The lowest BCUT2D eigenvalue weighted by Crippen LogP contribution is -2.49. The molecule has 0 atom stereocenters. The number of nitro groups is 2. The molecule has 1 aliphatic heterocycles. The van der Waals surface area contributed by atoms with Crippen molar-refractivity contribution >= 4 is 27.2 Å². The van der Waals surface area contributed by atoms with Crippen LogP contribution in [0.5, 0.6) is 0 Å². The molecule has 4 rings (SSSR count). The first-order valence-corrected chi connectivity index (χ1v) is 11.8. The highest BCUT2D eigenvalue weighted by molar-refractivity contribution is 7.89. The topological polar surface area (TPSA) is 153 Å². The highest BCUT2D eigenvalue weighted by Crippen LogP contribution is 2.33. The van der Waals surface area contributed by atoms with Crippen molar-refractivity contribution in [2.24, 2.45) is 0 Å². The van der Waals surface area contributed by atoms with Crippen LogP contribution in [-0.2, 0) is 10.0 Å². The summed E-state index contributed by atoms with van der Waals surface area (Å²) in [4.78, 5) is 22.3. The smallest absolute Gasteiger partial charge is 0.280 e. The molecule has 2 aromatic carbocycles. The molecule has 0 spiro atoms. The standard InChI is InChI=1S/C21H19FN6O6S/c1-14-19(27(29)30)12-17(13-20(14)28(31)32)35(33,34)26-10-8-25(9-11-26)21-7-6-18(23-24-21)15-2-4-16(22)5-3-15/h2-7,12-13H,8-11H2,1H3. The molecule has 0 amide bonds. The van der Waals surface area contributed by atoms with Crippen molar-refractivity contribution in [3.63, 3.8) is 0 Å². The third kappa shape index (κ3) is 4.79. The van der Waals surface area contributed by atoms with Gasteiger partial charge in [-0.2, -0.15) is 4.31 Å². The van der Waals surface area contributed by atoms with Gasteiger partial charge in [0.2, 0.25) is 10.0 Å². The normalized spacial score (nSPS) is 14.6. The van der Waals surface area contributed by atoms with Crippen LogP contribution in [0.3, 0.4) is 0 Å². The molecule has 2 heterocycles. The Morgan fingerprint density at radius 1 is 0.886 bits per heavy atom. The molecule has 182 valence electrons. The fraction of sp³-hybridized carbons (Fsp3) is 0.238. The minimum absolute atomic E-state index is 0.0409. The molecule has 0 radical (unpaired) electrons. The van der Waals surface area contributed by atoms with Crippen molar-refractivity contribution in [3.05, 3.63) is 80.1 Å². The van der Waals surface area contributed by atoms with Gasteiger partial charge in [-0.05, 0) is 43.3 Å². The Kier molecular flexibility index (Phi) is 6.41. The van der Waals surface area contributed by atoms with E-state index in [1.165, 1.54) is 19.1 Å². The van der Waals surface area contributed by atoms with Crippen LogP contribution in [-0.4, -0.2) is 58.9 Å². The number of rotatable bonds is 6. The Morgan fingerprint density at radius 2 is 1.46 bits per heavy atom. The Hall–Kier alpha value is -4.04. The number of nitro benzene ring substituents is 2. The third-order valence-corrected chi connectivity index (χ3v) is 7.59. The quantitative estimate of drug-likeness (QED) is 0.366. The summed E-state index contributed by atoms with van der Waals surface area (Å²) >= 11 is 0. The van der Waals surface area contributed by atoms with Crippen LogP contribution in [0.4, 0.5) is 21.6 Å². The molecule has 0 aliphatic carbocycles. The van der Waals surface area contributed by atoms with Crippen molar-refractivity contribution in [1.29, 1.82) is 0 Å². The molecular formula is C21H19FN6O6S. The number of piperazine rings is 1. The van der Waals surface area contributed by atoms with E-state index in [1.54, 1.807) is 24.3 Å². The number of aromatic nitrogens is 2. The van der Waals surface area contributed by atoms with Crippen molar-refractivity contribution in [2.45, 2.75) is 11.8 Å². The number of nitrogens with zero attached hydrogens (tertiary/aromatic N) is 6. The zero-order chi connectivity index (χ0) is 25.3. The Balaban J connectivity index is 1.51. The summed E-state index contributed by atoms with van der Waals surface area (Å²) in [5.74, 6) is 0.163. The highest BCUT2D eigenvalue weighted by atomic mass is 32.2. The maximum absolute atomic E-state index is 13.1. The molecule has 35 heavy (non-hydrogen) atoms. The number of sulfonamides is 1. The molecule has 1 saturated heterocycles. The second kappa shape index (κ2) is 9.31. The average molecular weight is 502 g/mol. The van der Waals surface area contributed by atoms with E-state index in [1.807, 2.05) is 4.90 Å². The van der Waals surface area contributed by atoms with Gasteiger partial charge in [0.25, 0.3) is 11.4 Å². The fourth-order valence-electron chi connectivity index (χ4n) is 3.76. The Labute approximate surface area is 199 Å². The lowest BCUT2D eigenvalue weighted by atomic mass is 10.1. The van der Waals surface area contributed by atoms with Gasteiger partial charge in [0.05, 0.1) is 20.4 Å². The SMILES string of the molecule is Cc1c([N+](=O)[O-])cc(S(=O)(=O)N2CCN(c3ccc(-c4ccc(F)cc4)nn3)CC2)cc1[N+](=O)[O-].